The molecule has 0 unspecified atom stereocenters. The summed E-state index contributed by atoms with van der Waals surface area (Å²) < 4.78 is 22.5. The fraction of sp³-hybridized carbons (Fsp3) is 0.227. The van der Waals surface area contributed by atoms with Gasteiger partial charge in [-0.25, -0.2) is 9.37 Å². The number of hydrogen-bond acceptors (Lipinski definition) is 5. The molecule has 29 heavy (non-hydrogen) atoms. The van der Waals surface area contributed by atoms with Gasteiger partial charge in [0.05, 0.1) is 47.9 Å². The van der Waals surface area contributed by atoms with Gasteiger partial charge in [0, 0.05) is 30.7 Å². The highest BCUT2D eigenvalue weighted by molar-refractivity contribution is 5.82. The standard InChI is InChI=1S/C22H20FN5O/c1-15-2-3-17(13-25-15)28-21-14-24-7-6-20(21)26-22(28)18-5-4-16(12-19(18)23)27-8-10-29-11-9-27/h2-7,12-14H,8-11H2,1H3. The van der Waals surface area contributed by atoms with Gasteiger partial charge in [-0.3, -0.25) is 14.5 Å². The number of halogens is 1. The van der Waals surface area contributed by atoms with Crippen LogP contribution in [0.3, 0.4) is 0 Å². The Morgan fingerprint density at radius 3 is 2.59 bits per heavy atom. The molecule has 0 N–H and O–H groups in total. The van der Waals surface area contributed by atoms with Gasteiger partial charge in [-0.2, -0.15) is 0 Å². The van der Waals surface area contributed by atoms with Crippen LogP contribution in [-0.2, 0) is 4.74 Å². The molecule has 0 aliphatic carbocycles. The number of benzene rings is 1. The lowest BCUT2D eigenvalue weighted by Crippen LogP contribution is -2.36. The van der Waals surface area contributed by atoms with Crippen molar-refractivity contribution in [1.82, 2.24) is 19.5 Å². The first-order valence-corrected chi connectivity index (χ1v) is 9.59. The van der Waals surface area contributed by atoms with Crippen LogP contribution in [0.2, 0.25) is 0 Å². The summed E-state index contributed by atoms with van der Waals surface area (Å²) in [4.78, 5) is 15.5. The Bertz CT molecular complexity index is 1170. The summed E-state index contributed by atoms with van der Waals surface area (Å²) in [5.74, 6) is 0.225. The largest absolute Gasteiger partial charge is 0.378 e. The fourth-order valence-electron chi connectivity index (χ4n) is 3.66. The molecule has 1 aromatic carbocycles. The number of anilines is 1. The highest BCUT2D eigenvalue weighted by Crippen LogP contribution is 2.31. The first-order chi connectivity index (χ1) is 14.2. The smallest absolute Gasteiger partial charge is 0.148 e. The third kappa shape index (κ3) is 3.23. The first kappa shape index (κ1) is 17.8. The van der Waals surface area contributed by atoms with Crippen LogP contribution < -0.4 is 4.90 Å². The molecular weight excluding hydrogens is 369 g/mol. The number of ether oxygens (including phenoxy) is 1. The van der Waals surface area contributed by atoms with Gasteiger partial charge >= 0.3 is 0 Å². The molecule has 4 aromatic rings. The van der Waals surface area contributed by atoms with Crippen LogP contribution in [0, 0.1) is 12.7 Å². The number of hydrogen-bond donors (Lipinski definition) is 0. The molecule has 1 saturated heterocycles. The number of morpholine rings is 1. The molecule has 146 valence electrons. The molecule has 1 aliphatic rings. The van der Waals surface area contributed by atoms with E-state index in [9.17, 15) is 0 Å². The zero-order valence-electron chi connectivity index (χ0n) is 16.0. The van der Waals surface area contributed by atoms with E-state index in [2.05, 4.69) is 14.9 Å². The third-order valence-corrected chi connectivity index (χ3v) is 5.18. The van der Waals surface area contributed by atoms with Crippen LogP contribution in [0.4, 0.5) is 10.1 Å². The lowest BCUT2D eigenvalue weighted by atomic mass is 10.1. The average molecular weight is 389 g/mol. The molecule has 6 nitrogen and oxygen atoms in total. The summed E-state index contributed by atoms with van der Waals surface area (Å²) >= 11 is 0. The van der Waals surface area contributed by atoms with Crippen LogP contribution in [-0.4, -0.2) is 45.8 Å². The molecule has 7 heteroatoms. The quantitative estimate of drug-likeness (QED) is 0.534. The molecule has 0 saturated carbocycles. The van der Waals surface area contributed by atoms with Crippen molar-refractivity contribution in [3.05, 3.63) is 66.5 Å². The molecule has 0 radical (unpaired) electrons. The van der Waals surface area contributed by atoms with Crippen molar-refractivity contribution in [1.29, 1.82) is 0 Å². The number of nitrogens with zero attached hydrogens (tertiary/aromatic N) is 5. The lowest BCUT2D eigenvalue weighted by molar-refractivity contribution is 0.122. The molecule has 4 heterocycles. The van der Waals surface area contributed by atoms with E-state index in [4.69, 9.17) is 9.72 Å². The molecule has 1 aliphatic heterocycles. The van der Waals surface area contributed by atoms with Gasteiger partial charge in [0.1, 0.15) is 11.6 Å². The first-order valence-electron chi connectivity index (χ1n) is 9.59. The monoisotopic (exact) mass is 389 g/mol. The van der Waals surface area contributed by atoms with Gasteiger partial charge in [0.15, 0.2) is 0 Å². The Kier molecular flexibility index (Phi) is 4.44. The van der Waals surface area contributed by atoms with Crippen molar-refractivity contribution in [2.24, 2.45) is 0 Å². The van der Waals surface area contributed by atoms with E-state index in [1.165, 1.54) is 0 Å². The SMILES string of the molecule is Cc1ccc(-n2c(-c3ccc(N4CCOCC4)cc3F)nc3ccncc32)cn1. The normalized spacial score (nSPS) is 14.5. The summed E-state index contributed by atoms with van der Waals surface area (Å²) in [5.41, 5.74) is 4.60. The van der Waals surface area contributed by atoms with Crippen LogP contribution in [0.15, 0.2) is 55.0 Å². The molecule has 3 aromatic heterocycles. The van der Waals surface area contributed by atoms with Crippen molar-refractivity contribution in [3.63, 3.8) is 0 Å². The van der Waals surface area contributed by atoms with Gasteiger partial charge in [-0.05, 0) is 43.3 Å². The van der Waals surface area contributed by atoms with E-state index in [0.717, 1.165) is 41.2 Å². The van der Waals surface area contributed by atoms with E-state index in [-0.39, 0.29) is 5.82 Å². The summed E-state index contributed by atoms with van der Waals surface area (Å²) in [7, 11) is 0. The van der Waals surface area contributed by atoms with Crippen molar-refractivity contribution in [2.75, 3.05) is 31.2 Å². The predicted molar refractivity (Wildman–Crippen MR) is 110 cm³/mol. The van der Waals surface area contributed by atoms with Crippen LogP contribution in [0.5, 0.6) is 0 Å². The van der Waals surface area contributed by atoms with E-state index < -0.39 is 0 Å². The fourth-order valence-corrected chi connectivity index (χ4v) is 3.66. The zero-order chi connectivity index (χ0) is 19.8. The number of aryl methyl sites for hydroxylation is 1. The van der Waals surface area contributed by atoms with Crippen molar-refractivity contribution in [3.8, 4) is 17.1 Å². The van der Waals surface area contributed by atoms with Gasteiger partial charge in [-0.15, -0.1) is 0 Å². The van der Waals surface area contributed by atoms with Gasteiger partial charge in [-0.1, -0.05) is 0 Å². The predicted octanol–water partition coefficient (Wildman–Crippen LogP) is 3.77. The van der Waals surface area contributed by atoms with Crippen molar-refractivity contribution in [2.45, 2.75) is 6.92 Å². The number of rotatable bonds is 3. The number of imidazole rings is 1. The van der Waals surface area contributed by atoms with Gasteiger partial charge in [0.2, 0.25) is 0 Å². The maximum absolute atomic E-state index is 15.2. The molecule has 0 bridgehead atoms. The van der Waals surface area contributed by atoms with Gasteiger partial charge in [0.25, 0.3) is 0 Å². The van der Waals surface area contributed by atoms with Crippen LogP contribution in [0.25, 0.3) is 28.1 Å². The molecular formula is C22H20FN5O. The summed E-state index contributed by atoms with van der Waals surface area (Å²) in [5, 5.41) is 0. The molecule has 0 atom stereocenters. The number of fused-ring (bicyclic) bond motifs is 1. The Morgan fingerprint density at radius 2 is 1.83 bits per heavy atom. The Hall–Kier alpha value is -3.32. The minimum atomic E-state index is -0.307. The van der Waals surface area contributed by atoms with E-state index in [0.29, 0.717) is 24.6 Å². The molecule has 0 amide bonds. The van der Waals surface area contributed by atoms with Crippen LogP contribution in [0.1, 0.15) is 5.69 Å². The average Bonchev–Trinajstić information content (AvgIpc) is 3.14. The third-order valence-electron chi connectivity index (χ3n) is 5.18. The van der Waals surface area contributed by atoms with E-state index >= 15 is 4.39 Å². The maximum Gasteiger partial charge on any atom is 0.148 e. The summed E-state index contributed by atoms with van der Waals surface area (Å²) in [6.45, 7) is 4.78. The summed E-state index contributed by atoms with van der Waals surface area (Å²) in [6.07, 6.45) is 5.20. The maximum atomic E-state index is 15.2. The minimum absolute atomic E-state index is 0.307. The lowest BCUT2D eigenvalue weighted by Gasteiger charge is -2.29. The van der Waals surface area contributed by atoms with Crippen LogP contribution >= 0.6 is 0 Å². The number of aromatic nitrogens is 4. The topological polar surface area (TPSA) is 56.1 Å². The Labute approximate surface area is 167 Å². The Morgan fingerprint density at radius 1 is 1.00 bits per heavy atom. The Balaban J connectivity index is 1.65. The number of pyridine rings is 2. The second kappa shape index (κ2) is 7.25. The highest BCUT2D eigenvalue weighted by Gasteiger charge is 2.19. The zero-order valence-corrected chi connectivity index (χ0v) is 16.0. The second-order valence-electron chi connectivity index (χ2n) is 7.06. The summed E-state index contributed by atoms with van der Waals surface area (Å²) in [6, 6.07) is 11.0. The van der Waals surface area contributed by atoms with Crippen molar-refractivity contribution < 1.29 is 9.13 Å². The van der Waals surface area contributed by atoms with E-state index in [1.807, 2.05) is 35.8 Å². The van der Waals surface area contributed by atoms with E-state index in [1.54, 1.807) is 30.7 Å². The molecule has 5 rings (SSSR count). The van der Waals surface area contributed by atoms with Gasteiger partial charge < -0.3 is 9.64 Å². The molecule has 1 fully saturated rings. The molecule has 0 spiro atoms. The minimum Gasteiger partial charge on any atom is -0.378 e. The highest BCUT2D eigenvalue weighted by atomic mass is 19.1. The van der Waals surface area contributed by atoms with Crippen molar-refractivity contribution >= 4 is 16.7 Å². The second-order valence-corrected chi connectivity index (χ2v) is 7.06.